The highest BCUT2D eigenvalue weighted by Gasteiger charge is 2.43. The Bertz CT molecular complexity index is 789. The van der Waals surface area contributed by atoms with Crippen molar-refractivity contribution in [3.8, 4) is 0 Å². The third kappa shape index (κ3) is 1.56. The van der Waals surface area contributed by atoms with Gasteiger partial charge in [-0.1, -0.05) is 18.2 Å². The summed E-state index contributed by atoms with van der Waals surface area (Å²) in [6.45, 7) is 2.77. The number of aromatic amines is 1. The van der Waals surface area contributed by atoms with Gasteiger partial charge in [0.05, 0.1) is 5.92 Å². The van der Waals surface area contributed by atoms with Crippen LogP contribution in [-0.2, 0) is 11.2 Å². The van der Waals surface area contributed by atoms with Crippen LogP contribution in [-0.4, -0.2) is 40.1 Å². The number of nitrogens with zero attached hydrogens (tertiary/aromatic N) is 1. The van der Waals surface area contributed by atoms with Crippen LogP contribution < -0.4 is 0 Å². The van der Waals surface area contributed by atoms with Crippen LogP contribution in [0.2, 0.25) is 0 Å². The maximum Gasteiger partial charge on any atom is 0.311 e. The zero-order valence-electron chi connectivity index (χ0n) is 12.2. The van der Waals surface area contributed by atoms with Crippen molar-refractivity contribution in [1.82, 2.24) is 9.88 Å². The van der Waals surface area contributed by atoms with E-state index in [2.05, 4.69) is 35.1 Å². The lowest BCUT2D eigenvalue weighted by molar-refractivity contribution is -0.141. The summed E-state index contributed by atoms with van der Waals surface area (Å²) in [6.07, 6.45) is 4.97. The number of nitrogens with one attached hydrogen (secondary N) is 1. The third-order valence-electron chi connectivity index (χ3n) is 5.19. The molecular formula is C17H18N2O2. The van der Waals surface area contributed by atoms with Gasteiger partial charge in [-0.3, -0.25) is 9.69 Å². The Morgan fingerprint density at radius 1 is 1.48 bits per heavy atom. The number of H-pyrrole nitrogens is 1. The molecule has 4 rings (SSSR count). The zero-order valence-corrected chi connectivity index (χ0v) is 12.2. The molecule has 2 heterocycles. The molecule has 0 saturated heterocycles. The SMILES string of the molecule is CN1C[C@H](C(=O)O)C=C2c3cccc4[nH]cc(c34)C[C@]21C. The number of benzene rings is 1. The van der Waals surface area contributed by atoms with Crippen LogP contribution in [0.5, 0.6) is 0 Å². The predicted octanol–water partition coefficient (Wildman–Crippen LogP) is 2.51. The molecule has 2 aliphatic rings. The maximum absolute atomic E-state index is 11.4. The lowest BCUT2D eigenvalue weighted by Gasteiger charge is -2.47. The second kappa shape index (κ2) is 3.98. The Labute approximate surface area is 123 Å². The number of carboxylic acid groups (broad SMARTS) is 1. The monoisotopic (exact) mass is 282 g/mol. The molecular weight excluding hydrogens is 264 g/mol. The molecule has 21 heavy (non-hydrogen) atoms. The Hall–Kier alpha value is -2.07. The lowest BCUT2D eigenvalue weighted by atomic mass is 9.71. The topological polar surface area (TPSA) is 56.3 Å². The van der Waals surface area contributed by atoms with E-state index in [0.717, 1.165) is 17.5 Å². The number of rotatable bonds is 1. The van der Waals surface area contributed by atoms with Gasteiger partial charge in [-0.25, -0.2) is 0 Å². The molecule has 2 N–H and O–H groups in total. The van der Waals surface area contributed by atoms with Gasteiger partial charge in [0.15, 0.2) is 0 Å². The van der Waals surface area contributed by atoms with Crippen LogP contribution in [0.15, 0.2) is 30.5 Å². The minimum absolute atomic E-state index is 0.130. The van der Waals surface area contributed by atoms with Crippen molar-refractivity contribution in [3.63, 3.8) is 0 Å². The van der Waals surface area contributed by atoms with E-state index in [1.54, 1.807) is 0 Å². The zero-order chi connectivity index (χ0) is 14.8. The molecule has 0 bridgehead atoms. The van der Waals surface area contributed by atoms with Crippen molar-refractivity contribution in [2.75, 3.05) is 13.6 Å². The van der Waals surface area contributed by atoms with Crippen molar-refractivity contribution >= 4 is 22.4 Å². The summed E-state index contributed by atoms with van der Waals surface area (Å²) < 4.78 is 0. The first kappa shape index (κ1) is 12.7. The highest BCUT2D eigenvalue weighted by molar-refractivity contribution is 6.00. The van der Waals surface area contributed by atoms with E-state index >= 15 is 0 Å². The molecule has 2 aromatic rings. The molecule has 108 valence electrons. The summed E-state index contributed by atoms with van der Waals surface area (Å²) in [6, 6.07) is 6.22. The van der Waals surface area contributed by atoms with Crippen molar-refractivity contribution in [2.24, 2.45) is 5.92 Å². The minimum Gasteiger partial charge on any atom is -0.481 e. The van der Waals surface area contributed by atoms with E-state index in [4.69, 9.17) is 0 Å². The van der Waals surface area contributed by atoms with Crippen LogP contribution in [0.25, 0.3) is 16.5 Å². The summed E-state index contributed by atoms with van der Waals surface area (Å²) in [5.74, 6) is -1.18. The Morgan fingerprint density at radius 3 is 3.05 bits per heavy atom. The number of aliphatic carboxylic acids is 1. The van der Waals surface area contributed by atoms with Crippen LogP contribution in [0.4, 0.5) is 0 Å². The number of carboxylic acids is 1. The second-order valence-electron chi connectivity index (χ2n) is 6.40. The Balaban J connectivity index is 2.02. The largest absolute Gasteiger partial charge is 0.481 e. The lowest BCUT2D eigenvalue weighted by Crippen LogP contribution is -2.53. The normalized spacial score (nSPS) is 28.3. The predicted molar refractivity (Wildman–Crippen MR) is 82.1 cm³/mol. The third-order valence-corrected chi connectivity index (χ3v) is 5.19. The fraction of sp³-hybridized carbons (Fsp3) is 0.353. The fourth-order valence-electron chi connectivity index (χ4n) is 3.89. The highest BCUT2D eigenvalue weighted by Crippen LogP contribution is 2.46. The molecule has 2 atom stereocenters. The van der Waals surface area contributed by atoms with Crippen molar-refractivity contribution in [2.45, 2.75) is 18.9 Å². The molecule has 1 aromatic heterocycles. The first-order valence-electron chi connectivity index (χ1n) is 7.26. The summed E-state index contributed by atoms with van der Waals surface area (Å²) in [5.41, 5.74) is 4.65. The van der Waals surface area contributed by atoms with E-state index in [0.29, 0.717) is 6.54 Å². The number of likely N-dealkylation sites (N-methyl/N-ethyl adjacent to an activating group) is 1. The van der Waals surface area contributed by atoms with Crippen LogP contribution in [0, 0.1) is 5.92 Å². The Morgan fingerprint density at radius 2 is 2.29 bits per heavy atom. The molecule has 0 unspecified atom stereocenters. The molecule has 1 aromatic carbocycles. The first-order chi connectivity index (χ1) is 10.0. The van der Waals surface area contributed by atoms with E-state index in [9.17, 15) is 9.90 Å². The number of fused-ring (bicyclic) bond motifs is 2. The van der Waals surface area contributed by atoms with E-state index in [1.165, 1.54) is 16.5 Å². The molecule has 0 saturated carbocycles. The van der Waals surface area contributed by atoms with Gasteiger partial charge in [0.2, 0.25) is 0 Å². The van der Waals surface area contributed by atoms with Crippen molar-refractivity contribution in [1.29, 1.82) is 0 Å². The van der Waals surface area contributed by atoms with Gasteiger partial charge in [0.1, 0.15) is 0 Å². The highest BCUT2D eigenvalue weighted by atomic mass is 16.4. The molecule has 4 heteroatoms. The standard InChI is InChI=1S/C17H18N2O2/c1-17-7-11-8-18-14-5-3-4-12(15(11)14)13(17)6-10(16(20)21)9-19(17)2/h3-6,8,10,18H,7,9H2,1-2H3,(H,20,21)/t10-,17-/m1/s1. The van der Waals surface area contributed by atoms with Crippen LogP contribution in [0.3, 0.4) is 0 Å². The molecule has 0 fully saturated rings. The molecule has 0 amide bonds. The van der Waals surface area contributed by atoms with Crippen LogP contribution in [0.1, 0.15) is 18.1 Å². The Kier molecular flexibility index (Phi) is 2.40. The number of aromatic nitrogens is 1. The second-order valence-corrected chi connectivity index (χ2v) is 6.40. The average molecular weight is 282 g/mol. The summed E-state index contributed by atoms with van der Waals surface area (Å²) in [4.78, 5) is 17.0. The van der Waals surface area contributed by atoms with E-state index < -0.39 is 11.9 Å². The quantitative estimate of drug-likeness (QED) is 0.845. The van der Waals surface area contributed by atoms with E-state index in [1.807, 2.05) is 19.2 Å². The number of carbonyl (C=O) groups is 1. The molecule has 4 nitrogen and oxygen atoms in total. The summed E-state index contributed by atoms with van der Waals surface area (Å²) in [7, 11) is 2.03. The smallest absolute Gasteiger partial charge is 0.311 e. The molecule has 0 radical (unpaired) electrons. The van der Waals surface area contributed by atoms with Gasteiger partial charge in [-0.2, -0.15) is 0 Å². The van der Waals surface area contributed by atoms with Gasteiger partial charge < -0.3 is 10.1 Å². The first-order valence-corrected chi connectivity index (χ1v) is 7.26. The minimum atomic E-state index is -0.747. The molecule has 1 aliphatic heterocycles. The van der Waals surface area contributed by atoms with Gasteiger partial charge >= 0.3 is 5.97 Å². The van der Waals surface area contributed by atoms with Gasteiger partial charge in [-0.05, 0) is 43.2 Å². The maximum atomic E-state index is 11.4. The number of hydrogen-bond donors (Lipinski definition) is 2. The van der Waals surface area contributed by atoms with Crippen molar-refractivity contribution in [3.05, 3.63) is 41.6 Å². The summed E-state index contributed by atoms with van der Waals surface area (Å²) >= 11 is 0. The van der Waals surface area contributed by atoms with E-state index in [-0.39, 0.29) is 5.54 Å². The number of hydrogen-bond acceptors (Lipinski definition) is 2. The van der Waals surface area contributed by atoms with Gasteiger partial charge in [0.25, 0.3) is 0 Å². The van der Waals surface area contributed by atoms with Gasteiger partial charge in [0, 0.05) is 29.2 Å². The molecule has 0 spiro atoms. The van der Waals surface area contributed by atoms with Crippen LogP contribution >= 0.6 is 0 Å². The molecule has 1 aliphatic carbocycles. The van der Waals surface area contributed by atoms with Gasteiger partial charge in [-0.15, -0.1) is 0 Å². The van der Waals surface area contributed by atoms with Crippen molar-refractivity contribution < 1.29 is 9.90 Å². The summed E-state index contributed by atoms with van der Waals surface area (Å²) in [5, 5.41) is 10.7. The fourth-order valence-corrected chi connectivity index (χ4v) is 3.89. The average Bonchev–Trinajstić information content (AvgIpc) is 2.85.